The van der Waals surface area contributed by atoms with Crippen LogP contribution in [0.5, 0.6) is 0 Å². The van der Waals surface area contributed by atoms with Crippen molar-refractivity contribution in [2.75, 3.05) is 13.1 Å². The van der Waals surface area contributed by atoms with E-state index < -0.39 is 0 Å². The van der Waals surface area contributed by atoms with Crippen LogP contribution in [0.2, 0.25) is 0 Å². The van der Waals surface area contributed by atoms with Crippen molar-refractivity contribution in [2.24, 2.45) is 0 Å². The first-order valence-electron chi connectivity index (χ1n) is 9.19. The first kappa shape index (κ1) is 17.7. The molecule has 1 unspecified atom stereocenters. The predicted molar refractivity (Wildman–Crippen MR) is 104 cm³/mol. The van der Waals surface area contributed by atoms with Gasteiger partial charge in [-0.3, -0.25) is 9.59 Å². The normalized spacial score (nSPS) is 17.2. The fourth-order valence-electron chi connectivity index (χ4n) is 3.44. The van der Waals surface area contributed by atoms with Gasteiger partial charge in [0, 0.05) is 19.5 Å². The van der Waals surface area contributed by atoms with Gasteiger partial charge in [-0.25, -0.2) is 4.98 Å². The van der Waals surface area contributed by atoms with Gasteiger partial charge in [-0.15, -0.1) is 11.3 Å². The lowest BCUT2D eigenvalue weighted by atomic mass is 10.0. The van der Waals surface area contributed by atoms with E-state index in [-0.39, 0.29) is 30.0 Å². The number of likely N-dealkylation sites (tertiary alicyclic amines) is 1. The van der Waals surface area contributed by atoms with Crippen LogP contribution in [-0.2, 0) is 4.79 Å². The van der Waals surface area contributed by atoms with E-state index in [4.69, 9.17) is 9.40 Å². The van der Waals surface area contributed by atoms with Crippen LogP contribution >= 0.6 is 11.3 Å². The van der Waals surface area contributed by atoms with Crippen molar-refractivity contribution < 1.29 is 14.0 Å². The number of benzene rings is 1. The summed E-state index contributed by atoms with van der Waals surface area (Å²) in [7, 11) is 0. The summed E-state index contributed by atoms with van der Waals surface area (Å²) in [6, 6.07) is 11.4. The lowest BCUT2D eigenvalue weighted by molar-refractivity contribution is -0.134. The fraction of sp³-hybridized carbons (Fsp3) is 0.350. The Hall–Kier alpha value is -2.67. The van der Waals surface area contributed by atoms with Gasteiger partial charge in [-0.2, -0.15) is 0 Å². The number of thiazole rings is 1. The topological polar surface area (TPSA) is 75.4 Å². The third-order valence-electron chi connectivity index (χ3n) is 4.79. The molecule has 2 aromatic heterocycles. The molecule has 4 rings (SSSR count). The Morgan fingerprint density at radius 2 is 2.11 bits per heavy atom. The number of fused-ring (bicyclic) bond motifs is 1. The number of piperidine rings is 1. The molecule has 3 heterocycles. The van der Waals surface area contributed by atoms with Crippen LogP contribution in [0.3, 0.4) is 0 Å². The monoisotopic (exact) mass is 383 g/mol. The van der Waals surface area contributed by atoms with Crippen molar-refractivity contribution in [3.63, 3.8) is 0 Å². The maximum Gasteiger partial charge on any atom is 0.286 e. The van der Waals surface area contributed by atoms with Gasteiger partial charge in [-0.1, -0.05) is 12.1 Å². The van der Waals surface area contributed by atoms with Crippen molar-refractivity contribution in [1.82, 2.24) is 15.2 Å². The number of rotatable bonds is 5. The van der Waals surface area contributed by atoms with Gasteiger partial charge >= 0.3 is 0 Å². The maximum absolute atomic E-state index is 12.8. The van der Waals surface area contributed by atoms with Gasteiger partial charge in [0.1, 0.15) is 5.01 Å². The second-order valence-corrected chi connectivity index (χ2v) is 7.66. The summed E-state index contributed by atoms with van der Waals surface area (Å²) in [6.07, 6.45) is 4.76. The molecule has 2 amide bonds. The number of para-hydroxylation sites is 1. The number of nitrogens with one attached hydrogen (secondary N) is 1. The van der Waals surface area contributed by atoms with E-state index in [1.807, 2.05) is 23.1 Å². The molecule has 3 aromatic rings. The zero-order valence-corrected chi connectivity index (χ0v) is 15.7. The van der Waals surface area contributed by atoms with Crippen LogP contribution in [0, 0.1) is 0 Å². The van der Waals surface area contributed by atoms with E-state index in [1.165, 1.54) is 6.26 Å². The molecule has 0 radical (unpaired) electrons. The van der Waals surface area contributed by atoms with Crippen molar-refractivity contribution >= 4 is 33.4 Å². The summed E-state index contributed by atoms with van der Waals surface area (Å²) in [6.45, 7) is 1.03. The van der Waals surface area contributed by atoms with Crippen molar-refractivity contribution in [3.8, 4) is 0 Å². The number of hydrogen-bond acceptors (Lipinski definition) is 5. The largest absolute Gasteiger partial charge is 0.459 e. The first-order valence-corrected chi connectivity index (χ1v) is 10.0. The minimum absolute atomic E-state index is 0.0319. The summed E-state index contributed by atoms with van der Waals surface area (Å²) >= 11 is 1.66. The van der Waals surface area contributed by atoms with Gasteiger partial charge in [0.2, 0.25) is 5.91 Å². The number of amides is 2. The molecule has 1 aliphatic rings. The molecule has 1 aliphatic heterocycles. The van der Waals surface area contributed by atoms with Crippen molar-refractivity contribution in [2.45, 2.75) is 31.7 Å². The van der Waals surface area contributed by atoms with Crippen LogP contribution in [-0.4, -0.2) is 34.8 Å². The first-order chi connectivity index (χ1) is 13.2. The molecule has 1 fully saturated rings. The molecule has 0 aliphatic carbocycles. The smallest absolute Gasteiger partial charge is 0.286 e. The standard InChI is InChI=1S/C20H21N3O3S/c24-18(10-11-21-19(25)16-8-5-13-26-16)23-12-4-3-7-15(23)20-22-14-6-1-2-9-17(14)27-20/h1-2,5-6,8-9,13,15H,3-4,7,10-12H2,(H,21,25). The molecule has 0 saturated carbocycles. The van der Waals surface area contributed by atoms with E-state index in [9.17, 15) is 9.59 Å². The van der Waals surface area contributed by atoms with E-state index in [1.54, 1.807) is 23.5 Å². The van der Waals surface area contributed by atoms with Crippen molar-refractivity contribution in [1.29, 1.82) is 0 Å². The Bertz CT molecular complexity index is 902. The van der Waals surface area contributed by atoms with Crippen LogP contribution in [0.25, 0.3) is 10.2 Å². The van der Waals surface area contributed by atoms with E-state index in [0.717, 1.165) is 41.0 Å². The zero-order chi connectivity index (χ0) is 18.6. The third kappa shape index (κ3) is 3.88. The molecular weight excluding hydrogens is 362 g/mol. The van der Waals surface area contributed by atoms with E-state index >= 15 is 0 Å². The van der Waals surface area contributed by atoms with Crippen LogP contribution in [0.15, 0.2) is 47.1 Å². The highest BCUT2D eigenvalue weighted by Gasteiger charge is 2.30. The number of aromatic nitrogens is 1. The lowest BCUT2D eigenvalue weighted by Gasteiger charge is -2.34. The highest BCUT2D eigenvalue weighted by molar-refractivity contribution is 7.18. The molecular formula is C20H21N3O3S. The molecule has 1 aromatic carbocycles. The van der Waals surface area contributed by atoms with Crippen LogP contribution in [0.1, 0.15) is 47.3 Å². The number of hydrogen-bond donors (Lipinski definition) is 1. The molecule has 140 valence electrons. The molecule has 27 heavy (non-hydrogen) atoms. The molecule has 1 atom stereocenters. The summed E-state index contributed by atoms with van der Waals surface area (Å²) in [5.41, 5.74) is 0.987. The van der Waals surface area contributed by atoms with E-state index in [2.05, 4.69) is 11.4 Å². The molecule has 6 nitrogen and oxygen atoms in total. The second-order valence-electron chi connectivity index (χ2n) is 6.60. The Morgan fingerprint density at radius 1 is 1.22 bits per heavy atom. The Labute approximate surface area is 161 Å². The fourth-order valence-corrected chi connectivity index (χ4v) is 4.56. The molecule has 7 heteroatoms. The SMILES string of the molecule is O=C(NCCC(=O)N1CCCCC1c1nc2ccccc2s1)c1ccco1. The minimum atomic E-state index is -0.297. The number of carbonyl (C=O) groups excluding carboxylic acids is 2. The Morgan fingerprint density at radius 3 is 2.93 bits per heavy atom. The van der Waals surface area contributed by atoms with Gasteiger partial charge in [-0.05, 0) is 43.5 Å². The quantitative estimate of drug-likeness (QED) is 0.728. The summed E-state index contributed by atoms with van der Waals surface area (Å²) in [5.74, 6) is 0.0145. The lowest BCUT2D eigenvalue weighted by Crippen LogP contribution is -2.40. The van der Waals surface area contributed by atoms with Gasteiger partial charge < -0.3 is 14.6 Å². The minimum Gasteiger partial charge on any atom is -0.459 e. The number of nitrogens with zero attached hydrogens (tertiary/aromatic N) is 2. The predicted octanol–water partition coefficient (Wildman–Crippen LogP) is 3.76. The Balaban J connectivity index is 1.40. The summed E-state index contributed by atoms with van der Waals surface area (Å²) < 4.78 is 6.21. The molecule has 1 N–H and O–H groups in total. The zero-order valence-electron chi connectivity index (χ0n) is 14.9. The number of furan rings is 1. The highest BCUT2D eigenvalue weighted by Crippen LogP contribution is 2.35. The molecule has 1 saturated heterocycles. The average Bonchev–Trinajstić information content (AvgIpc) is 3.37. The summed E-state index contributed by atoms with van der Waals surface area (Å²) in [5, 5.41) is 3.74. The van der Waals surface area contributed by atoms with Gasteiger partial charge in [0.25, 0.3) is 5.91 Å². The van der Waals surface area contributed by atoms with Crippen molar-refractivity contribution in [3.05, 3.63) is 53.4 Å². The average molecular weight is 383 g/mol. The maximum atomic E-state index is 12.8. The molecule has 0 spiro atoms. The Kier molecular flexibility index (Phi) is 5.20. The second kappa shape index (κ2) is 7.92. The van der Waals surface area contributed by atoms with Gasteiger partial charge in [0.05, 0.1) is 22.5 Å². The molecule has 0 bridgehead atoms. The summed E-state index contributed by atoms with van der Waals surface area (Å²) in [4.78, 5) is 31.4. The van der Waals surface area contributed by atoms with Crippen LogP contribution in [0.4, 0.5) is 0 Å². The van der Waals surface area contributed by atoms with Crippen LogP contribution < -0.4 is 5.32 Å². The van der Waals surface area contributed by atoms with E-state index in [0.29, 0.717) is 6.54 Å². The third-order valence-corrected chi connectivity index (χ3v) is 5.93. The number of carbonyl (C=O) groups is 2. The highest BCUT2D eigenvalue weighted by atomic mass is 32.1. The van der Waals surface area contributed by atoms with Gasteiger partial charge in [0.15, 0.2) is 5.76 Å².